The minimum atomic E-state index is -0.409. The van der Waals surface area contributed by atoms with Crippen molar-refractivity contribution < 1.29 is 14.3 Å². The van der Waals surface area contributed by atoms with Crippen molar-refractivity contribution in [3.63, 3.8) is 0 Å². The Balaban J connectivity index is 0.000000161. The first-order valence-corrected chi connectivity index (χ1v) is 6.14. The first kappa shape index (κ1) is 14.3. The Hall–Kier alpha value is -3.08. The van der Waals surface area contributed by atoms with E-state index < -0.39 is 5.63 Å². The Bertz CT molecular complexity index is 809. The number of benzene rings is 2. The van der Waals surface area contributed by atoms with Gasteiger partial charge in [0.1, 0.15) is 11.3 Å². The molecule has 1 heterocycles. The van der Waals surface area contributed by atoms with Crippen LogP contribution >= 0.6 is 0 Å². The maximum absolute atomic E-state index is 10.7. The van der Waals surface area contributed by atoms with Crippen LogP contribution in [0.3, 0.4) is 0 Å². The van der Waals surface area contributed by atoms with Crippen LogP contribution in [-0.4, -0.2) is 11.0 Å². The van der Waals surface area contributed by atoms with Crippen LogP contribution in [0.2, 0.25) is 0 Å². The average Bonchev–Trinajstić information content (AvgIpc) is 2.48. The molecule has 0 aliphatic carbocycles. The van der Waals surface area contributed by atoms with Crippen molar-refractivity contribution in [2.75, 3.05) is 0 Å². The highest BCUT2D eigenvalue weighted by Crippen LogP contribution is 2.17. The zero-order valence-electron chi connectivity index (χ0n) is 11.0. The molecule has 0 radical (unpaired) electrons. The molecule has 21 heavy (non-hydrogen) atoms. The summed E-state index contributed by atoms with van der Waals surface area (Å²) >= 11 is 0. The molecule has 0 atom stereocenters. The van der Waals surface area contributed by atoms with Crippen LogP contribution in [0, 0.1) is 0 Å². The first-order chi connectivity index (χ1) is 10.1. The largest absolute Gasteiger partial charge is 0.508 e. The number of nitrogens with two attached hydrogens (primary N) is 1. The number of aromatic hydroxyl groups is 1. The van der Waals surface area contributed by atoms with Crippen molar-refractivity contribution >= 4 is 16.9 Å². The van der Waals surface area contributed by atoms with Crippen molar-refractivity contribution in [1.82, 2.24) is 0 Å². The molecule has 0 fully saturated rings. The lowest BCUT2D eigenvalue weighted by Gasteiger charge is -1.94. The van der Waals surface area contributed by atoms with Gasteiger partial charge in [-0.1, -0.05) is 18.2 Å². The Morgan fingerprint density at radius 1 is 1.00 bits per heavy atom. The van der Waals surface area contributed by atoms with Crippen LogP contribution < -0.4 is 11.4 Å². The van der Waals surface area contributed by atoms with Gasteiger partial charge >= 0.3 is 5.63 Å². The summed E-state index contributed by atoms with van der Waals surface area (Å²) in [5, 5.41) is 9.86. The Labute approximate surface area is 120 Å². The number of phenolic OH excluding ortho intramolecular Hbond substituents is 1. The van der Waals surface area contributed by atoms with E-state index in [1.165, 1.54) is 12.1 Å². The number of primary amides is 1. The fourth-order valence-electron chi connectivity index (χ4n) is 1.65. The summed E-state index contributed by atoms with van der Waals surface area (Å²) in [5.41, 5.74) is 5.52. The minimum Gasteiger partial charge on any atom is -0.508 e. The van der Waals surface area contributed by atoms with Crippen LogP contribution in [0.5, 0.6) is 5.75 Å². The predicted octanol–water partition coefficient (Wildman–Crippen LogP) is 2.28. The van der Waals surface area contributed by atoms with E-state index in [0.717, 1.165) is 5.39 Å². The molecule has 106 valence electrons. The van der Waals surface area contributed by atoms with Gasteiger partial charge in [0.15, 0.2) is 0 Å². The highest BCUT2D eigenvalue weighted by Gasteiger charge is 1.96. The van der Waals surface area contributed by atoms with E-state index in [2.05, 4.69) is 0 Å². The van der Waals surface area contributed by atoms with Crippen LogP contribution in [0.1, 0.15) is 10.4 Å². The van der Waals surface area contributed by atoms with Gasteiger partial charge in [0.25, 0.3) is 0 Å². The van der Waals surface area contributed by atoms with Gasteiger partial charge in [-0.25, -0.2) is 4.79 Å². The minimum absolute atomic E-state index is 0.0943. The zero-order valence-corrected chi connectivity index (χ0v) is 11.0. The Morgan fingerprint density at radius 3 is 2.29 bits per heavy atom. The molecule has 5 nitrogen and oxygen atoms in total. The maximum atomic E-state index is 10.7. The third kappa shape index (κ3) is 3.94. The summed E-state index contributed by atoms with van der Waals surface area (Å²) in [7, 11) is 0. The Kier molecular flexibility index (Phi) is 4.36. The van der Waals surface area contributed by atoms with E-state index in [9.17, 15) is 9.59 Å². The molecule has 0 saturated heterocycles. The highest BCUT2D eigenvalue weighted by atomic mass is 16.4. The van der Waals surface area contributed by atoms with E-state index >= 15 is 0 Å². The lowest BCUT2D eigenvalue weighted by atomic mass is 10.2. The van der Waals surface area contributed by atoms with Gasteiger partial charge in [0.2, 0.25) is 5.91 Å². The van der Waals surface area contributed by atoms with Gasteiger partial charge in [-0.05, 0) is 30.3 Å². The predicted molar refractivity (Wildman–Crippen MR) is 79.1 cm³/mol. The van der Waals surface area contributed by atoms with Crippen LogP contribution in [0.15, 0.2) is 69.9 Å². The number of phenols is 1. The maximum Gasteiger partial charge on any atom is 0.336 e. The molecule has 2 aromatic carbocycles. The lowest BCUT2D eigenvalue weighted by Crippen LogP contribution is -2.09. The summed E-state index contributed by atoms with van der Waals surface area (Å²) in [4.78, 5) is 21.2. The van der Waals surface area contributed by atoms with Crippen molar-refractivity contribution in [3.8, 4) is 5.75 Å². The fourth-order valence-corrected chi connectivity index (χ4v) is 1.65. The lowest BCUT2D eigenvalue weighted by molar-refractivity contribution is 0.100. The van der Waals surface area contributed by atoms with Gasteiger partial charge in [-0.15, -0.1) is 0 Å². The van der Waals surface area contributed by atoms with E-state index in [-0.39, 0.29) is 11.7 Å². The number of rotatable bonds is 1. The molecule has 0 unspecified atom stereocenters. The molecule has 3 aromatic rings. The molecule has 5 heteroatoms. The monoisotopic (exact) mass is 283 g/mol. The molecular weight excluding hydrogens is 270 g/mol. The number of hydrogen-bond donors (Lipinski definition) is 2. The molecule has 0 saturated carbocycles. The second kappa shape index (κ2) is 6.38. The fraction of sp³-hybridized carbons (Fsp3) is 0. The smallest absolute Gasteiger partial charge is 0.336 e. The molecule has 0 aliphatic heterocycles. The number of fused-ring (bicyclic) bond motifs is 1. The molecule has 0 spiro atoms. The molecule has 0 aliphatic rings. The third-order valence-corrected chi connectivity index (χ3v) is 2.66. The quantitative estimate of drug-likeness (QED) is 0.670. The van der Waals surface area contributed by atoms with Crippen LogP contribution in [0.25, 0.3) is 11.0 Å². The van der Waals surface area contributed by atoms with Crippen LogP contribution in [0.4, 0.5) is 0 Å². The molecule has 1 aromatic heterocycles. The van der Waals surface area contributed by atoms with Crippen molar-refractivity contribution in [2.24, 2.45) is 5.73 Å². The normalized spacial score (nSPS) is 9.71. The summed E-state index contributed by atoms with van der Waals surface area (Å²) in [6, 6.07) is 16.4. The molecular formula is C16H13NO4. The molecule has 3 rings (SSSR count). The summed E-state index contributed by atoms with van der Waals surface area (Å²) in [5.74, 6) is -0.285. The van der Waals surface area contributed by atoms with Crippen molar-refractivity contribution in [1.29, 1.82) is 0 Å². The van der Waals surface area contributed by atoms with Gasteiger partial charge in [0, 0.05) is 23.1 Å². The second-order valence-corrected chi connectivity index (χ2v) is 4.21. The van der Waals surface area contributed by atoms with Gasteiger partial charge < -0.3 is 15.3 Å². The number of hydrogen-bond acceptors (Lipinski definition) is 4. The number of amides is 1. The van der Waals surface area contributed by atoms with Gasteiger partial charge in [-0.2, -0.15) is 0 Å². The van der Waals surface area contributed by atoms with E-state index in [1.54, 1.807) is 42.5 Å². The van der Waals surface area contributed by atoms with E-state index in [0.29, 0.717) is 11.1 Å². The highest BCUT2D eigenvalue weighted by molar-refractivity contribution is 5.92. The van der Waals surface area contributed by atoms with Crippen molar-refractivity contribution in [2.45, 2.75) is 0 Å². The first-order valence-electron chi connectivity index (χ1n) is 6.14. The second-order valence-electron chi connectivity index (χ2n) is 4.21. The van der Waals surface area contributed by atoms with Gasteiger partial charge in [-0.3, -0.25) is 4.79 Å². The zero-order chi connectivity index (χ0) is 15.2. The Morgan fingerprint density at radius 2 is 1.67 bits per heavy atom. The summed E-state index contributed by atoms with van der Waals surface area (Å²) in [6.45, 7) is 0. The van der Waals surface area contributed by atoms with E-state index in [1.807, 2.05) is 6.07 Å². The summed E-state index contributed by atoms with van der Waals surface area (Å²) in [6.07, 6.45) is 0. The molecule has 3 N–H and O–H groups in total. The summed E-state index contributed by atoms with van der Waals surface area (Å²) < 4.78 is 4.83. The SMILES string of the molecule is NC(=O)c1ccccc1.O=c1ccc2ccc(O)cc2o1. The van der Waals surface area contributed by atoms with Crippen molar-refractivity contribution in [3.05, 3.63) is 76.6 Å². The standard InChI is InChI=1S/C9H6O3.C7H7NO/c10-7-3-1-6-2-4-9(11)12-8(6)5-7;8-7(9)6-4-2-1-3-5-6/h1-5,10H;1-5H,(H2,8,9). The topological polar surface area (TPSA) is 93.5 Å². The third-order valence-electron chi connectivity index (χ3n) is 2.66. The molecule has 1 amide bonds. The van der Waals surface area contributed by atoms with Gasteiger partial charge in [0.05, 0.1) is 0 Å². The number of carbonyl (C=O) groups excluding carboxylic acids is 1. The van der Waals surface area contributed by atoms with E-state index in [4.69, 9.17) is 15.3 Å². The molecule has 0 bridgehead atoms. The van der Waals surface area contributed by atoms with Crippen LogP contribution in [-0.2, 0) is 0 Å². The average molecular weight is 283 g/mol. The number of carbonyl (C=O) groups is 1.